The van der Waals surface area contributed by atoms with Crippen LogP contribution >= 0.6 is 0 Å². The van der Waals surface area contributed by atoms with E-state index in [1.807, 2.05) is 46.8 Å². The summed E-state index contributed by atoms with van der Waals surface area (Å²) in [6.45, 7) is 3.78. The molecule has 0 spiro atoms. The van der Waals surface area contributed by atoms with Crippen molar-refractivity contribution in [1.29, 1.82) is 0 Å². The Morgan fingerprint density at radius 3 is 2.25 bits per heavy atom. The van der Waals surface area contributed by atoms with Gasteiger partial charge in [0.15, 0.2) is 5.69 Å². The van der Waals surface area contributed by atoms with E-state index in [-0.39, 0.29) is 6.04 Å². The lowest BCUT2D eigenvalue weighted by Crippen LogP contribution is -2.36. The first-order valence-corrected chi connectivity index (χ1v) is 10.8. The molecule has 4 aromatic rings. The molecule has 0 radical (unpaired) electrons. The molecule has 1 aromatic heterocycles. The SMILES string of the molecule is CC1C=NN(c2cccc(-n3c[n+](Cc4ccccc4)cn3)c2)C=[N+]1Cc1ccccc1. The fourth-order valence-corrected chi connectivity index (χ4v) is 3.75. The number of hydrogen-bond acceptors (Lipinski definition) is 3. The minimum atomic E-state index is 0.234. The molecule has 0 amide bonds. The Balaban J connectivity index is 1.36. The van der Waals surface area contributed by atoms with Gasteiger partial charge in [0.2, 0.25) is 6.33 Å². The predicted molar refractivity (Wildman–Crippen MR) is 126 cm³/mol. The van der Waals surface area contributed by atoms with Gasteiger partial charge in [0.1, 0.15) is 18.3 Å². The minimum Gasteiger partial charge on any atom is -0.254 e. The zero-order valence-corrected chi connectivity index (χ0v) is 18.1. The lowest BCUT2D eigenvalue weighted by Gasteiger charge is -2.18. The van der Waals surface area contributed by atoms with Gasteiger partial charge in [-0.15, -0.1) is 5.01 Å². The maximum absolute atomic E-state index is 4.64. The van der Waals surface area contributed by atoms with Crippen molar-refractivity contribution in [3.05, 3.63) is 109 Å². The van der Waals surface area contributed by atoms with Crippen LogP contribution in [-0.4, -0.2) is 33.0 Å². The largest absolute Gasteiger partial charge is 0.266 e. The summed E-state index contributed by atoms with van der Waals surface area (Å²) in [7, 11) is 0. The van der Waals surface area contributed by atoms with Gasteiger partial charge in [-0.25, -0.2) is 4.57 Å². The minimum absolute atomic E-state index is 0.234. The van der Waals surface area contributed by atoms with E-state index in [0.717, 1.165) is 24.5 Å². The van der Waals surface area contributed by atoms with Crippen LogP contribution in [0.1, 0.15) is 18.1 Å². The van der Waals surface area contributed by atoms with Crippen molar-refractivity contribution >= 4 is 18.2 Å². The third-order valence-corrected chi connectivity index (χ3v) is 5.54. The normalized spacial score (nSPS) is 15.6. The second-order valence-electron chi connectivity index (χ2n) is 7.99. The number of anilines is 1. The molecule has 1 atom stereocenters. The molecule has 1 aliphatic heterocycles. The summed E-state index contributed by atoms with van der Waals surface area (Å²) in [5, 5.41) is 11.1. The van der Waals surface area contributed by atoms with Crippen LogP contribution in [0.3, 0.4) is 0 Å². The molecule has 0 aliphatic carbocycles. The van der Waals surface area contributed by atoms with Crippen molar-refractivity contribution in [3.63, 3.8) is 0 Å². The Morgan fingerprint density at radius 2 is 1.50 bits per heavy atom. The molecule has 158 valence electrons. The summed E-state index contributed by atoms with van der Waals surface area (Å²) in [5.41, 5.74) is 4.51. The standard InChI is InChI=1S/C26H26N6/c1-22-16-27-32(21-30(22)18-24-11-6-3-7-12-24)26-14-8-13-25(15-26)31-20-29(19-28-31)17-23-9-4-2-5-10-23/h2-16,19-22H,17-18H2,1H3/q+2. The Kier molecular flexibility index (Phi) is 5.58. The van der Waals surface area contributed by atoms with E-state index >= 15 is 0 Å². The summed E-state index contributed by atoms with van der Waals surface area (Å²) in [6, 6.07) is 29.4. The van der Waals surface area contributed by atoms with E-state index in [1.165, 1.54) is 11.1 Å². The summed E-state index contributed by atoms with van der Waals surface area (Å²) < 4.78 is 6.26. The quantitative estimate of drug-likeness (QED) is 0.445. The first-order chi connectivity index (χ1) is 15.7. The van der Waals surface area contributed by atoms with Gasteiger partial charge in [0.25, 0.3) is 12.7 Å². The fourth-order valence-electron chi connectivity index (χ4n) is 3.75. The first-order valence-electron chi connectivity index (χ1n) is 10.8. The fraction of sp³-hybridized carbons (Fsp3) is 0.154. The zero-order valence-electron chi connectivity index (χ0n) is 18.1. The van der Waals surface area contributed by atoms with Gasteiger partial charge in [-0.3, -0.25) is 4.58 Å². The molecule has 6 heteroatoms. The van der Waals surface area contributed by atoms with E-state index in [1.54, 1.807) is 0 Å². The maximum Gasteiger partial charge on any atom is 0.266 e. The molecule has 0 bridgehead atoms. The summed E-state index contributed by atoms with van der Waals surface area (Å²) in [4.78, 5) is 0. The van der Waals surface area contributed by atoms with Crippen LogP contribution in [0, 0.1) is 0 Å². The highest BCUT2D eigenvalue weighted by molar-refractivity contribution is 5.81. The molecule has 0 fully saturated rings. The van der Waals surface area contributed by atoms with Gasteiger partial charge in [0.05, 0.1) is 12.8 Å². The average Bonchev–Trinajstić information content (AvgIpc) is 3.30. The van der Waals surface area contributed by atoms with Crippen LogP contribution in [-0.2, 0) is 13.1 Å². The number of rotatable bonds is 6. The Labute approximate surface area is 188 Å². The molecule has 2 heterocycles. The number of nitrogens with zero attached hydrogens (tertiary/aromatic N) is 6. The molecule has 5 rings (SSSR count). The van der Waals surface area contributed by atoms with Crippen LogP contribution in [0.15, 0.2) is 103 Å². The van der Waals surface area contributed by atoms with Crippen LogP contribution in [0.5, 0.6) is 0 Å². The van der Waals surface area contributed by atoms with E-state index in [9.17, 15) is 0 Å². The van der Waals surface area contributed by atoms with Crippen LogP contribution in [0.4, 0.5) is 5.69 Å². The monoisotopic (exact) mass is 422 g/mol. The van der Waals surface area contributed by atoms with E-state index in [4.69, 9.17) is 0 Å². The van der Waals surface area contributed by atoms with E-state index < -0.39 is 0 Å². The molecule has 0 saturated heterocycles. The zero-order chi connectivity index (χ0) is 21.8. The maximum atomic E-state index is 4.64. The second kappa shape index (κ2) is 8.98. The molecule has 1 aliphatic rings. The van der Waals surface area contributed by atoms with Gasteiger partial charge in [-0.2, -0.15) is 0 Å². The second-order valence-corrected chi connectivity index (χ2v) is 7.99. The molecule has 0 saturated carbocycles. The Hall–Kier alpha value is -4.06. The number of aromatic nitrogens is 3. The lowest BCUT2D eigenvalue weighted by molar-refractivity contribution is -0.688. The molecule has 0 N–H and O–H groups in total. The van der Waals surface area contributed by atoms with Gasteiger partial charge in [-0.05, 0) is 30.2 Å². The van der Waals surface area contributed by atoms with Gasteiger partial charge in [-0.1, -0.05) is 76.5 Å². The molecular weight excluding hydrogens is 396 g/mol. The van der Waals surface area contributed by atoms with Crippen molar-refractivity contribution in [1.82, 2.24) is 9.78 Å². The highest BCUT2D eigenvalue weighted by Gasteiger charge is 2.22. The van der Waals surface area contributed by atoms with Crippen molar-refractivity contribution in [2.45, 2.75) is 26.1 Å². The van der Waals surface area contributed by atoms with Gasteiger partial charge < -0.3 is 0 Å². The van der Waals surface area contributed by atoms with Crippen molar-refractivity contribution in [3.8, 4) is 5.69 Å². The molecule has 1 unspecified atom stereocenters. The molecule has 32 heavy (non-hydrogen) atoms. The highest BCUT2D eigenvalue weighted by atomic mass is 15.5. The van der Waals surface area contributed by atoms with E-state index in [2.05, 4.69) is 99.3 Å². The van der Waals surface area contributed by atoms with Crippen LogP contribution in [0.2, 0.25) is 0 Å². The Morgan fingerprint density at radius 1 is 0.812 bits per heavy atom. The van der Waals surface area contributed by atoms with Crippen molar-refractivity contribution in [2.24, 2.45) is 5.10 Å². The third-order valence-electron chi connectivity index (χ3n) is 5.54. The van der Waals surface area contributed by atoms with Crippen molar-refractivity contribution < 1.29 is 9.14 Å². The average molecular weight is 423 g/mol. The van der Waals surface area contributed by atoms with E-state index in [0.29, 0.717) is 0 Å². The van der Waals surface area contributed by atoms with Crippen LogP contribution in [0.25, 0.3) is 5.69 Å². The van der Waals surface area contributed by atoms with Gasteiger partial charge in [0, 0.05) is 11.2 Å². The smallest absolute Gasteiger partial charge is 0.254 e. The molecule has 3 aromatic carbocycles. The van der Waals surface area contributed by atoms with Crippen molar-refractivity contribution in [2.75, 3.05) is 5.01 Å². The first kappa shape index (κ1) is 19.9. The topological polar surface area (TPSA) is 40.3 Å². The van der Waals surface area contributed by atoms with Crippen LogP contribution < -0.4 is 9.58 Å². The lowest BCUT2D eigenvalue weighted by atomic mass is 10.2. The Bertz CT molecular complexity index is 1240. The van der Waals surface area contributed by atoms with Gasteiger partial charge >= 0.3 is 0 Å². The number of benzene rings is 3. The molecule has 6 nitrogen and oxygen atoms in total. The third kappa shape index (κ3) is 4.49. The summed E-state index contributed by atoms with van der Waals surface area (Å²) >= 11 is 0. The highest BCUT2D eigenvalue weighted by Crippen LogP contribution is 2.19. The summed E-state index contributed by atoms with van der Waals surface area (Å²) in [6.07, 6.45) is 7.93. The molecular formula is C26H26N6+2. The number of hydrogen-bond donors (Lipinski definition) is 0. The predicted octanol–water partition coefficient (Wildman–Crippen LogP) is 3.64. The summed E-state index contributed by atoms with van der Waals surface area (Å²) in [5.74, 6) is 0. The number of hydrazone groups is 1.